The summed E-state index contributed by atoms with van der Waals surface area (Å²) in [7, 11) is -2.01. The summed E-state index contributed by atoms with van der Waals surface area (Å²) in [5.74, 6) is 1.57. The summed E-state index contributed by atoms with van der Waals surface area (Å²) in [5.41, 5.74) is 1.08. The van der Waals surface area contributed by atoms with Crippen molar-refractivity contribution in [3.8, 4) is 11.5 Å². The number of hydrogen-bond acceptors (Lipinski definition) is 5. The SMILES string of the molecule is CC(C)(CCCOc1ccc(C=O)cc1)O[Si](C)(C)C(C)(C)CCCOc1ccc(C=O)cc1. The van der Waals surface area contributed by atoms with Gasteiger partial charge in [-0.05, 0) is 106 Å². The summed E-state index contributed by atoms with van der Waals surface area (Å²) < 4.78 is 18.5. The van der Waals surface area contributed by atoms with E-state index in [0.29, 0.717) is 24.3 Å². The number of aldehydes is 2. The van der Waals surface area contributed by atoms with Crippen molar-refractivity contribution in [3.05, 3.63) is 59.7 Å². The van der Waals surface area contributed by atoms with Gasteiger partial charge in [-0.15, -0.1) is 0 Å². The number of rotatable bonds is 15. The van der Waals surface area contributed by atoms with Crippen LogP contribution in [0, 0.1) is 0 Å². The average Bonchev–Trinajstić information content (AvgIpc) is 2.79. The molecule has 2 rings (SSSR count). The molecular formula is C28H40O5Si. The zero-order valence-electron chi connectivity index (χ0n) is 21.6. The van der Waals surface area contributed by atoms with Crippen LogP contribution in [0.4, 0.5) is 0 Å². The molecule has 0 radical (unpaired) electrons. The fourth-order valence-corrected chi connectivity index (χ4v) is 6.40. The van der Waals surface area contributed by atoms with E-state index < -0.39 is 8.32 Å². The van der Waals surface area contributed by atoms with E-state index >= 15 is 0 Å². The van der Waals surface area contributed by atoms with Crippen molar-refractivity contribution in [2.24, 2.45) is 0 Å². The molecule has 0 unspecified atom stereocenters. The number of ether oxygens (including phenoxy) is 2. The second-order valence-electron chi connectivity index (χ2n) is 10.5. The minimum Gasteiger partial charge on any atom is -0.494 e. The Bertz CT molecular complexity index is 901. The minimum atomic E-state index is -2.01. The molecule has 0 N–H and O–H groups in total. The second kappa shape index (κ2) is 12.3. The van der Waals surface area contributed by atoms with Gasteiger partial charge >= 0.3 is 0 Å². The van der Waals surface area contributed by atoms with Crippen LogP contribution in [-0.2, 0) is 4.43 Å². The monoisotopic (exact) mass is 484 g/mol. The van der Waals surface area contributed by atoms with Crippen LogP contribution < -0.4 is 9.47 Å². The molecule has 0 atom stereocenters. The van der Waals surface area contributed by atoms with Gasteiger partial charge in [0.15, 0.2) is 8.32 Å². The quantitative estimate of drug-likeness (QED) is 0.153. The van der Waals surface area contributed by atoms with Crippen LogP contribution in [0.1, 0.15) is 74.1 Å². The highest BCUT2D eigenvalue weighted by atomic mass is 28.4. The second-order valence-corrected chi connectivity index (χ2v) is 15.1. The van der Waals surface area contributed by atoms with Crippen LogP contribution in [0.5, 0.6) is 11.5 Å². The Morgan fingerprint density at radius 3 is 1.53 bits per heavy atom. The van der Waals surface area contributed by atoms with E-state index in [9.17, 15) is 9.59 Å². The molecule has 186 valence electrons. The van der Waals surface area contributed by atoms with Crippen LogP contribution in [0.25, 0.3) is 0 Å². The Labute approximate surface area is 205 Å². The molecule has 0 saturated carbocycles. The van der Waals surface area contributed by atoms with E-state index in [2.05, 4.69) is 40.8 Å². The van der Waals surface area contributed by atoms with E-state index in [-0.39, 0.29) is 10.6 Å². The topological polar surface area (TPSA) is 61.8 Å². The molecule has 6 heteroatoms. The Morgan fingerprint density at radius 1 is 0.706 bits per heavy atom. The lowest BCUT2D eigenvalue weighted by atomic mass is 10.0. The van der Waals surface area contributed by atoms with Crippen molar-refractivity contribution in [3.63, 3.8) is 0 Å². The molecule has 0 aromatic heterocycles. The lowest BCUT2D eigenvalue weighted by Gasteiger charge is -2.45. The molecule has 34 heavy (non-hydrogen) atoms. The molecule has 2 aromatic carbocycles. The maximum absolute atomic E-state index is 10.8. The van der Waals surface area contributed by atoms with E-state index in [0.717, 1.165) is 49.8 Å². The van der Waals surface area contributed by atoms with Crippen LogP contribution >= 0.6 is 0 Å². The lowest BCUT2D eigenvalue weighted by molar-refractivity contribution is 0.0733. The molecule has 0 fully saturated rings. The molecule has 0 saturated heterocycles. The Hall–Kier alpha value is -2.44. The van der Waals surface area contributed by atoms with Crippen molar-refractivity contribution < 1.29 is 23.5 Å². The summed E-state index contributed by atoms with van der Waals surface area (Å²) in [6.07, 6.45) is 5.43. The van der Waals surface area contributed by atoms with E-state index in [1.54, 1.807) is 24.3 Å². The predicted molar refractivity (Wildman–Crippen MR) is 140 cm³/mol. The van der Waals surface area contributed by atoms with Crippen LogP contribution in [0.3, 0.4) is 0 Å². The first kappa shape index (κ1) is 27.8. The molecule has 5 nitrogen and oxygen atoms in total. The maximum atomic E-state index is 10.8. The van der Waals surface area contributed by atoms with E-state index in [1.165, 1.54) is 0 Å². The highest BCUT2D eigenvalue weighted by molar-refractivity contribution is 6.74. The van der Waals surface area contributed by atoms with Crippen LogP contribution in [0.15, 0.2) is 48.5 Å². The van der Waals surface area contributed by atoms with E-state index in [4.69, 9.17) is 13.9 Å². The van der Waals surface area contributed by atoms with Crippen molar-refractivity contribution in [1.29, 1.82) is 0 Å². The van der Waals surface area contributed by atoms with Crippen molar-refractivity contribution in [2.75, 3.05) is 13.2 Å². The zero-order chi connectivity index (χ0) is 25.2. The Kier molecular flexibility index (Phi) is 10.1. The zero-order valence-corrected chi connectivity index (χ0v) is 22.6. The van der Waals surface area contributed by atoms with Gasteiger partial charge in [-0.25, -0.2) is 0 Å². The number of carbonyl (C=O) groups is 2. The predicted octanol–water partition coefficient (Wildman–Crippen LogP) is 7.11. The highest BCUT2D eigenvalue weighted by Gasteiger charge is 2.43. The normalized spacial score (nSPS) is 12.3. The molecule has 0 aliphatic rings. The largest absolute Gasteiger partial charge is 0.494 e. The molecule has 0 spiro atoms. The minimum absolute atomic E-state index is 0.0891. The highest BCUT2D eigenvalue weighted by Crippen LogP contribution is 2.44. The molecule has 0 amide bonds. The standard InChI is InChI=1S/C28H40O5Si/c1-27(2,17-7-19-31-25-13-9-23(21-29)10-14-25)33-34(5,6)28(3,4)18-8-20-32-26-15-11-24(22-30)12-16-26/h9-16,21-22H,7-8,17-20H2,1-6H3. The first-order valence-corrected chi connectivity index (χ1v) is 15.0. The first-order chi connectivity index (χ1) is 16.0. The van der Waals surface area contributed by atoms with Gasteiger partial charge in [0.05, 0.1) is 18.8 Å². The molecule has 0 bridgehead atoms. The van der Waals surface area contributed by atoms with Gasteiger partial charge < -0.3 is 13.9 Å². The van der Waals surface area contributed by atoms with Crippen LogP contribution in [-0.4, -0.2) is 39.7 Å². The number of hydrogen-bond donors (Lipinski definition) is 0. The fourth-order valence-electron chi connectivity index (χ4n) is 3.86. The molecule has 2 aromatic rings. The number of carbonyl (C=O) groups excluding carboxylic acids is 2. The lowest BCUT2D eigenvalue weighted by Crippen LogP contribution is -2.48. The summed E-state index contributed by atoms with van der Waals surface area (Å²) in [4.78, 5) is 21.5. The molecular weight excluding hydrogens is 444 g/mol. The first-order valence-electron chi connectivity index (χ1n) is 12.0. The van der Waals surface area contributed by atoms with Crippen LogP contribution in [0.2, 0.25) is 18.1 Å². The Balaban J connectivity index is 1.76. The van der Waals surface area contributed by atoms with Crippen molar-refractivity contribution in [2.45, 2.75) is 77.1 Å². The van der Waals surface area contributed by atoms with Gasteiger partial charge in [-0.2, -0.15) is 0 Å². The maximum Gasteiger partial charge on any atom is 0.193 e. The summed E-state index contributed by atoms with van der Waals surface area (Å²) >= 11 is 0. The Morgan fingerprint density at radius 2 is 1.12 bits per heavy atom. The van der Waals surface area contributed by atoms with E-state index in [1.807, 2.05) is 24.3 Å². The van der Waals surface area contributed by atoms with Gasteiger partial charge in [-0.1, -0.05) is 13.8 Å². The molecule has 0 aliphatic heterocycles. The number of benzene rings is 2. The molecule has 0 heterocycles. The van der Waals surface area contributed by atoms with Crippen molar-refractivity contribution >= 4 is 20.9 Å². The third-order valence-electron chi connectivity index (χ3n) is 6.60. The smallest absolute Gasteiger partial charge is 0.193 e. The van der Waals surface area contributed by atoms with Gasteiger partial charge in [0, 0.05) is 11.1 Å². The van der Waals surface area contributed by atoms with Gasteiger partial charge in [0.2, 0.25) is 0 Å². The fraction of sp³-hybridized carbons (Fsp3) is 0.500. The summed E-state index contributed by atoms with van der Waals surface area (Å²) in [6.45, 7) is 14.8. The van der Waals surface area contributed by atoms with Crippen molar-refractivity contribution in [1.82, 2.24) is 0 Å². The molecule has 0 aliphatic carbocycles. The average molecular weight is 485 g/mol. The van der Waals surface area contributed by atoms with Gasteiger partial charge in [-0.3, -0.25) is 9.59 Å². The summed E-state index contributed by atoms with van der Waals surface area (Å²) in [5, 5.41) is 0.0891. The third-order valence-corrected chi connectivity index (χ3v) is 11.2. The third kappa shape index (κ3) is 8.73. The summed E-state index contributed by atoms with van der Waals surface area (Å²) in [6, 6.07) is 14.4. The van der Waals surface area contributed by atoms with Gasteiger partial charge in [0.25, 0.3) is 0 Å². The van der Waals surface area contributed by atoms with Gasteiger partial charge in [0.1, 0.15) is 24.1 Å².